The maximum Gasteiger partial charge on any atom is 0.0162 e. The van der Waals surface area contributed by atoms with Crippen molar-refractivity contribution in [1.82, 2.24) is 0 Å². The van der Waals surface area contributed by atoms with Crippen LogP contribution >= 0.6 is 23.5 Å². The van der Waals surface area contributed by atoms with E-state index in [1.165, 1.54) is 25.1 Å². The third kappa shape index (κ3) is 3.93. The summed E-state index contributed by atoms with van der Waals surface area (Å²) in [5.41, 5.74) is 1.32. The Morgan fingerprint density at radius 1 is 0.571 bits per heavy atom. The van der Waals surface area contributed by atoms with Crippen molar-refractivity contribution in [3.63, 3.8) is 0 Å². The second-order valence-corrected chi connectivity index (χ2v) is 7.02. The zero-order valence-electron chi connectivity index (χ0n) is 11.8. The molecule has 0 atom stereocenters. The van der Waals surface area contributed by atoms with Gasteiger partial charge in [-0.05, 0) is 48.9 Å². The summed E-state index contributed by atoms with van der Waals surface area (Å²) in [5, 5.41) is 0. The standard InChI is InChI=1S/C19H16S2/c1-15-12-13-18(20-16-8-4-2-5-9-16)14-19(15)21-17-10-6-3-7-11-17/h2-14H,1H3. The third-order valence-corrected chi connectivity index (χ3v) is 5.27. The first-order valence-corrected chi connectivity index (χ1v) is 8.51. The minimum absolute atomic E-state index is 1.28. The first kappa shape index (κ1) is 14.3. The highest BCUT2D eigenvalue weighted by molar-refractivity contribution is 8.00. The molecule has 0 aromatic heterocycles. The van der Waals surface area contributed by atoms with Gasteiger partial charge in [0.25, 0.3) is 0 Å². The molecule has 2 heteroatoms. The van der Waals surface area contributed by atoms with E-state index in [0.717, 1.165) is 0 Å². The molecule has 0 aliphatic rings. The number of benzene rings is 3. The molecule has 0 radical (unpaired) electrons. The molecule has 21 heavy (non-hydrogen) atoms. The van der Waals surface area contributed by atoms with Crippen LogP contribution in [0.25, 0.3) is 0 Å². The largest absolute Gasteiger partial charge is 0.0901 e. The first-order chi connectivity index (χ1) is 10.3. The van der Waals surface area contributed by atoms with Crippen molar-refractivity contribution in [1.29, 1.82) is 0 Å². The Morgan fingerprint density at radius 2 is 1.14 bits per heavy atom. The Balaban J connectivity index is 1.83. The van der Waals surface area contributed by atoms with E-state index in [2.05, 4.69) is 85.8 Å². The Labute approximate surface area is 134 Å². The van der Waals surface area contributed by atoms with Crippen molar-refractivity contribution in [3.05, 3.63) is 84.4 Å². The number of hydrogen-bond acceptors (Lipinski definition) is 2. The van der Waals surface area contributed by atoms with Gasteiger partial charge in [0.1, 0.15) is 0 Å². The summed E-state index contributed by atoms with van der Waals surface area (Å²) in [6.45, 7) is 2.17. The van der Waals surface area contributed by atoms with Crippen LogP contribution in [-0.4, -0.2) is 0 Å². The maximum atomic E-state index is 2.28. The summed E-state index contributed by atoms with van der Waals surface area (Å²) >= 11 is 3.63. The molecule has 0 amide bonds. The molecule has 0 nitrogen and oxygen atoms in total. The van der Waals surface area contributed by atoms with E-state index < -0.39 is 0 Å². The molecule has 3 rings (SSSR count). The zero-order valence-corrected chi connectivity index (χ0v) is 13.5. The van der Waals surface area contributed by atoms with Crippen molar-refractivity contribution >= 4 is 23.5 Å². The topological polar surface area (TPSA) is 0 Å². The SMILES string of the molecule is Cc1ccc(Sc2ccccc2)cc1Sc1ccccc1. The van der Waals surface area contributed by atoms with Crippen LogP contribution in [0.1, 0.15) is 5.56 Å². The van der Waals surface area contributed by atoms with Crippen LogP contribution in [0, 0.1) is 6.92 Å². The van der Waals surface area contributed by atoms with Gasteiger partial charge in [-0.25, -0.2) is 0 Å². The lowest BCUT2D eigenvalue weighted by atomic mass is 10.2. The Bertz CT molecular complexity index is 706. The fourth-order valence-corrected chi connectivity index (χ4v) is 3.91. The molecule has 3 aromatic carbocycles. The monoisotopic (exact) mass is 308 g/mol. The first-order valence-electron chi connectivity index (χ1n) is 6.88. The summed E-state index contributed by atoms with van der Waals surface area (Å²) in [4.78, 5) is 5.16. The van der Waals surface area contributed by atoms with E-state index in [-0.39, 0.29) is 0 Å². The molecule has 0 bridgehead atoms. The lowest BCUT2D eigenvalue weighted by Gasteiger charge is -2.08. The predicted octanol–water partition coefficient (Wildman–Crippen LogP) is 6.30. The van der Waals surface area contributed by atoms with Gasteiger partial charge in [0.2, 0.25) is 0 Å². The second-order valence-electron chi connectivity index (χ2n) is 4.76. The quantitative estimate of drug-likeness (QED) is 0.555. The van der Waals surface area contributed by atoms with Crippen LogP contribution in [0.15, 0.2) is 98.4 Å². The molecule has 104 valence electrons. The summed E-state index contributed by atoms with van der Waals surface area (Å²) in [7, 11) is 0. The molecule has 0 aliphatic heterocycles. The van der Waals surface area contributed by atoms with E-state index in [0.29, 0.717) is 0 Å². The molecular formula is C19H16S2. The lowest BCUT2D eigenvalue weighted by molar-refractivity contribution is 1.23. The molecule has 0 fully saturated rings. The Morgan fingerprint density at radius 3 is 1.76 bits per heavy atom. The highest BCUT2D eigenvalue weighted by Gasteiger charge is 2.04. The summed E-state index contributed by atoms with van der Waals surface area (Å²) < 4.78 is 0. The average Bonchev–Trinajstić information content (AvgIpc) is 2.53. The van der Waals surface area contributed by atoms with Crippen LogP contribution in [0.3, 0.4) is 0 Å². The number of aryl methyl sites for hydroxylation is 1. The molecule has 0 aliphatic carbocycles. The predicted molar refractivity (Wildman–Crippen MR) is 92.3 cm³/mol. The summed E-state index contributed by atoms with van der Waals surface area (Å²) in [5.74, 6) is 0. The van der Waals surface area contributed by atoms with Gasteiger partial charge >= 0.3 is 0 Å². The van der Waals surface area contributed by atoms with Crippen molar-refractivity contribution in [2.75, 3.05) is 0 Å². The minimum Gasteiger partial charge on any atom is -0.0901 e. The fraction of sp³-hybridized carbons (Fsp3) is 0.0526. The zero-order chi connectivity index (χ0) is 14.5. The van der Waals surface area contributed by atoms with E-state index in [4.69, 9.17) is 0 Å². The van der Waals surface area contributed by atoms with Crippen LogP contribution in [0.5, 0.6) is 0 Å². The smallest absolute Gasteiger partial charge is 0.0162 e. The van der Waals surface area contributed by atoms with Crippen LogP contribution in [0.2, 0.25) is 0 Å². The molecule has 0 unspecified atom stereocenters. The van der Waals surface area contributed by atoms with E-state index >= 15 is 0 Å². The van der Waals surface area contributed by atoms with Gasteiger partial charge in [-0.1, -0.05) is 66.0 Å². The van der Waals surface area contributed by atoms with E-state index in [1.54, 1.807) is 0 Å². The molecule has 0 N–H and O–H groups in total. The molecule has 0 heterocycles. The normalized spacial score (nSPS) is 10.5. The van der Waals surface area contributed by atoms with Crippen molar-refractivity contribution in [2.45, 2.75) is 26.5 Å². The second kappa shape index (κ2) is 6.88. The summed E-state index contributed by atoms with van der Waals surface area (Å²) in [6, 6.07) is 27.7. The van der Waals surface area contributed by atoms with Gasteiger partial charge in [0.15, 0.2) is 0 Å². The molecule has 0 saturated carbocycles. The van der Waals surface area contributed by atoms with E-state index in [9.17, 15) is 0 Å². The minimum atomic E-state index is 1.28. The Hall–Kier alpha value is -1.64. The van der Waals surface area contributed by atoms with Crippen molar-refractivity contribution in [2.24, 2.45) is 0 Å². The highest BCUT2D eigenvalue weighted by atomic mass is 32.2. The van der Waals surface area contributed by atoms with Crippen molar-refractivity contribution in [3.8, 4) is 0 Å². The van der Waals surface area contributed by atoms with E-state index in [1.807, 2.05) is 23.5 Å². The molecule has 0 saturated heterocycles. The molecule has 0 spiro atoms. The molecule has 3 aromatic rings. The van der Waals surface area contributed by atoms with Crippen LogP contribution < -0.4 is 0 Å². The lowest BCUT2D eigenvalue weighted by Crippen LogP contribution is -1.82. The summed E-state index contributed by atoms with van der Waals surface area (Å²) in [6.07, 6.45) is 0. The van der Waals surface area contributed by atoms with Gasteiger partial charge in [0, 0.05) is 19.6 Å². The van der Waals surface area contributed by atoms with Gasteiger partial charge in [-0.3, -0.25) is 0 Å². The third-order valence-electron chi connectivity index (χ3n) is 3.11. The van der Waals surface area contributed by atoms with Gasteiger partial charge in [0.05, 0.1) is 0 Å². The Kier molecular flexibility index (Phi) is 4.69. The van der Waals surface area contributed by atoms with Crippen LogP contribution in [-0.2, 0) is 0 Å². The highest BCUT2D eigenvalue weighted by Crippen LogP contribution is 2.35. The van der Waals surface area contributed by atoms with Gasteiger partial charge in [-0.15, -0.1) is 0 Å². The van der Waals surface area contributed by atoms with Crippen molar-refractivity contribution < 1.29 is 0 Å². The molecular weight excluding hydrogens is 292 g/mol. The maximum absolute atomic E-state index is 2.28. The van der Waals surface area contributed by atoms with Gasteiger partial charge < -0.3 is 0 Å². The number of rotatable bonds is 4. The fourth-order valence-electron chi connectivity index (χ4n) is 1.99. The van der Waals surface area contributed by atoms with Crippen LogP contribution in [0.4, 0.5) is 0 Å². The number of hydrogen-bond donors (Lipinski definition) is 0. The average molecular weight is 308 g/mol. The van der Waals surface area contributed by atoms with Gasteiger partial charge in [-0.2, -0.15) is 0 Å².